The van der Waals surface area contributed by atoms with Crippen molar-refractivity contribution in [1.82, 2.24) is 5.16 Å². The number of alkyl halides is 1. The maximum atomic E-state index is 12.9. The third kappa shape index (κ3) is 4.69. The van der Waals surface area contributed by atoms with Gasteiger partial charge in [-0.15, -0.1) is 11.6 Å². The van der Waals surface area contributed by atoms with Gasteiger partial charge in [-0.25, -0.2) is 0 Å². The van der Waals surface area contributed by atoms with Gasteiger partial charge in [0.1, 0.15) is 17.0 Å². The van der Waals surface area contributed by atoms with Crippen molar-refractivity contribution in [3.8, 4) is 11.3 Å². The zero-order chi connectivity index (χ0) is 21.0. The number of carbonyl (C=O) groups excluding carboxylic acids is 1. The Labute approximate surface area is 184 Å². The molecule has 1 N–H and O–H groups in total. The highest BCUT2D eigenvalue weighted by atomic mass is 35.5. The van der Waals surface area contributed by atoms with Gasteiger partial charge < -0.3 is 14.7 Å². The summed E-state index contributed by atoms with van der Waals surface area (Å²) in [5, 5.41) is 7.61. The van der Waals surface area contributed by atoms with E-state index in [9.17, 15) is 4.79 Å². The highest BCUT2D eigenvalue weighted by molar-refractivity contribution is 6.43. The predicted molar refractivity (Wildman–Crippen MR) is 120 cm³/mol. The van der Waals surface area contributed by atoms with Crippen LogP contribution in [0.1, 0.15) is 23.0 Å². The molecule has 5 nitrogen and oxygen atoms in total. The first-order chi connectivity index (χ1) is 14.0. The highest BCUT2D eigenvalue weighted by Gasteiger charge is 2.24. The van der Waals surface area contributed by atoms with E-state index >= 15 is 0 Å². The normalized spacial score (nSPS) is 10.8. The topological polar surface area (TPSA) is 58.4 Å². The smallest absolute Gasteiger partial charge is 0.261 e. The lowest BCUT2D eigenvalue weighted by atomic mass is 10.1. The van der Waals surface area contributed by atoms with Crippen molar-refractivity contribution in [3.63, 3.8) is 0 Å². The number of amides is 1. The highest BCUT2D eigenvalue weighted by Crippen LogP contribution is 2.35. The molecule has 0 bridgehead atoms. The van der Waals surface area contributed by atoms with Gasteiger partial charge in [-0.3, -0.25) is 4.79 Å². The monoisotopic (exact) mass is 451 g/mol. The summed E-state index contributed by atoms with van der Waals surface area (Å²) in [7, 11) is 0. The number of hydrogen-bond donors (Lipinski definition) is 1. The molecule has 1 amide bonds. The fourth-order valence-corrected chi connectivity index (χ4v) is 3.63. The Morgan fingerprint density at radius 1 is 1.17 bits per heavy atom. The largest absolute Gasteiger partial charge is 0.371 e. The zero-order valence-electron chi connectivity index (χ0n) is 16.0. The minimum Gasteiger partial charge on any atom is -0.371 e. The summed E-state index contributed by atoms with van der Waals surface area (Å²) in [6.45, 7) is 5.35. The molecular formula is C21H20Cl3N3O2. The van der Waals surface area contributed by atoms with Gasteiger partial charge in [-0.1, -0.05) is 40.5 Å². The van der Waals surface area contributed by atoms with Crippen molar-refractivity contribution in [3.05, 3.63) is 63.8 Å². The van der Waals surface area contributed by atoms with E-state index in [1.165, 1.54) is 0 Å². The lowest BCUT2D eigenvalue weighted by Crippen LogP contribution is -2.24. The molecule has 0 aliphatic carbocycles. The van der Waals surface area contributed by atoms with Crippen LogP contribution in [0.5, 0.6) is 0 Å². The molecule has 0 unspecified atom stereocenters. The fourth-order valence-electron chi connectivity index (χ4n) is 3.03. The number of hydrogen-bond acceptors (Lipinski definition) is 4. The summed E-state index contributed by atoms with van der Waals surface area (Å²) in [5.41, 5.74) is 2.90. The Kier molecular flexibility index (Phi) is 7.06. The Balaban J connectivity index is 1.85. The molecule has 0 fully saturated rings. The molecule has 0 spiro atoms. The van der Waals surface area contributed by atoms with E-state index < -0.39 is 0 Å². The number of nitrogens with zero attached hydrogens (tertiary/aromatic N) is 2. The minimum atomic E-state index is -0.337. The molecule has 2 aromatic carbocycles. The molecule has 0 aliphatic heterocycles. The Hall–Kier alpha value is -2.21. The first kappa shape index (κ1) is 21.5. The predicted octanol–water partition coefficient (Wildman–Crippen LogP) is 6.27. The molecule has 0 aliphatic rings. The lowest BCUT2D eigenvalue weighted by Gasteiger charge is -2.22. The van der Waals surface area contributed by atoms with Crippen molar-refractivity contribution in [2.24, 2.45) is 0 Å². The fraction of sp³-hybridized carbons (Fsp3) is 0.238. The second-order valence-electron chi connectivity index (χ2n) is 6.33. The van der Waals surface area contributed by atoms with E-state index in [1.807, 2.05) is 24.3 Å². The molecule has 1 heterocycles. The second-order valence-corrected chi connectivity index (χ2v) is 7.50. The van der Waals surface area contributed by atoms with Crippen LogP contribution < -0.4 is 10.2 Å². The molecule has 3 aromatic rings. The van der Waals surface area contributed by atoms with Crippen LogP contribution in [0, 0.1) is 6.92 Å². The van der Waals surface area contributed by atoms with Crippen molar-refractivity contribution >= 4 is 52.1 Å². The van der Waals surface area contributed by atoms with Crippen molar-refractivity contribution in [1.29, 1.82) is 0 Å². The standard InChI is InChI=1S/C21H20Cl3N3O2/c1-3-27(12-11-22)15-9-7-14(8-10-15)25-21(28)18-13(2)29-26-20(18)16-5-4-6-17(23)19(16)24/h4-10H,3,11-12H2,1-2H3,(H,25,28). The van der Waals surface area contributed by atoms with E-state index in [-0.39, 0.29) is 5.91 Å². The SMILES string of the molecule is CCN(CCCl)c1ccc(NC(=O)c2c(-c3cccc(Cl)c3Cl)noc2C)cc1. The summed E-state index contributed by atoms with van der Waals surface area (Å²) >= 11 is 18.3. The number of halogens is 3. The quantitative estimate of drug-likeness (QED) is 0.429. The second kappa shape index (κ2) is 9.53. The number of nitrogens with one attached hydrogen (secondary N) is 1. The Morgan fingerprint density at radius 3 is 2.55 bits per heavy atom. The first-order valence-corrected chi connectivity index (χ1v) is 10.4. The average Bonchev–Trinajstić information content (AvgIpc) is 3.10. The van der Waals surface area contributed by atoms with Crippen molar-refractivity contribution < 1.29 is 9.32 Å². The van der Waals surface area contributed by atoms with Gasteiger partial charge in [0.2, 0.25) is 0 Å². The molecule has 29 heavy (non-hydrogen) atoms. The Bertz CT molecular complexity index is 1000. The molecule has 3 rings (SSSR count). The van der Waals surface area contributed by atoms with Crippen LogP contribution in [-0.4, -0.2) is 30.0 Å². The van der Waals surface area contributed by atoms with Crippen LogP contribution in [0.4, 0.5) is 11.4 Å². The zero-order valence-corrected chi connectivity index (χ0v) is 18.3. The molecule has 0 atom stereocenters. The van der Waals surface area contributed by atoms with Crippen LogP contribution in [0.2, 0.25) is 10.0 Å². The lowest BCUT2D eigenvalue weighted by molar-refractivity contribution is 0.102. The van der Waals surface area contributed by atoms with Gasteiger partial charge in [0.15, 0.2) is 0 Å². The average molecular weight is 453 g/mol. The van der Waals surface area contributed by atoms with Gasteiger partial charge >= 0.3 is 0 Å². The Morgan fingerprint density at radius 2 is 1.90 bits per heavy atom. The van der Waals surface area contributed by atoms with Crippen molar-refractivity contribution in [2.75, 3.05) is 29.2 Å². The molecular weight excluding hydrogens is 433 g/mol. The summed E-state index contributed by atoms with van der Waals surface area (Å²) < 4.78 is 5.26. The van der Waals surface area contributed by atoms with Gasteiger partial charge in [0.05, 0.1) is 10.0 Å². The van der Waals surface area contributed by atoms with Crippen LogP contribution in [-0.2, 0) is 0 Å². The van der Waals surface area contributed by atoms with E-state index in [2.05, 4.69) is 22.3 Å². The number of carbonyl (C=O) groups is 1. The molecule has 8 heteroatoms. The van der Waals surface area contributed by atoms with E-state index in [0.717, 1.165) is 18.8 Å². The summed E-state index contributed by atoms with van der Waals surface area (Å²) in [4.78, 5) is 15.1. The third-order valence-electron chi connectivity index (χ3n) is 4.52. The number of aromatic nitrogens is 1. The van der Waals surface area contributed by atoms with E-state index in [1.54, 1.807) is 25.1 Å². The molecule has 0 saturated carbocycles. The number of aryl methyl sites for hydroxylation is 1. The van der Waals surface area contributed by atoms with E-state index in [0.29, 0.717) is 44.2 Å². The minimum absolute atomic E-state index is 0.315. The molecule has 0 saturated heterocycles. The van der Waals surface area contributed by atoms with Crippen LogP contribution in [0.3, 0.4) is 0 Å². The van der Waals surface area contributed by atoms with Crippen LogP contribution >= 0.6 is 34.8 Å². The molecule has 152 valence electrons. The summed E-state index contributed by atoms with van der Waals surface area (Å²) in [5.74, 6) is 0.605. The van der Waals surface area contributed by atoms with Gasteiger partial charge in [-0.2, -0.15) is 0 Å². The van der Waals surface area contributed by atoms with E-state index in [4.69, 9.17) is 39.3 Å². The van der Waals surface area contributed by atoms with Gasteiger partial charge in [0, 0.05) is 35.9 Å². The number of benzene rings is 2. The molecule has 0 radical (unpaired) electrons. The summed E-state index contributed by atoms with van der Waals surface area (Å²) in [6, 6.07) is 12.7. The number of anilines is 2. The third-order valence-corrected chi connectivity index (χ3v) is 5.51. The summed E-state index contributed by atoms with van der Waals surface area (Å²) in [6.07, 6.45) is 0. The van der Waals surface area contributed by atoms with Crippen LogP contribution in [0.25, 0.3) is 11.3 Å². The van der Waals surface area contributed by atoms with Gasteiger partial charge in [-0.05, 0) is 44.2 Å². The maximum Gasteiger partial charge on any atom is 0.261 e. The molecule has 1 aromatic heterocycles. The first-order valence-electron chi connectivity index (χ1n) is 9.09. The number of rotatable bonds is 7. The van der Waals surface area contributed by atoms with Gasteiger partial charge in [0.25, 0.3) is 5.91 Å². The maximum absolute atomic E-state index is 12.9. The van der Waals surface area contributed by atoms with Crippen molar-refractivity contribution in [2.45, 2.75) is 13.8 Å². The van der Waals surface area contributed by atoms with Crippen LogP contribution in [0.15, 0.2) is 47.0 Å².